The second kappa shape index (κ2) is 5.41. The Morgan fingerprint density at radius 3 is 2.40 bits per heavy atom. The summed E-state index contributed by atoms with van der Waals surface area (Å²) in [6, 6.07) is 9.81. The molecule has 2 aromatic rings. The van der Waals surface area contributed by atoms with Gasteiger partial charge in [-0.25, -0.2) is 0 Å². The number of benzene rings is 1. The largest absolute Gasteiger partial charge is 0.298 e. The van der Waals surface area contributed by atoms with Gasteiger partial charge in [-0.05, 0) is 26.3 Å². The van der Waals surface area contributed by atoms with E-state index in [0.717, 1.165) is 17.0 Å². The Labute approximate surface area is 124 Å². The van der Waals surface area contributed by atoms with Gasteiger partial charge in [0.05, 0.1) is 22.8 Å². The summed E-state index contributed by atoms with van der Waals surface area (Å²) in [4.78, 5) is 12.6. The Hall–Kier alpha value is -1.61. The van der Waals surface area contributed by atoms with Crippen molar-refractivity contribution in [1.82, 2.24) is 9.78 Å². The van der Waals surface area contributed by atoms with Gasteiger partial charge >= 0.3 is 0 Å². The number of carbonyl (C=O) groups excluding carboxylic acids is 1. The van der Waals surface area contributed by atoms with Crippen LogP contribution in [0.4, 0.5) is 0 Å². The lowest BCUT2D eigenvalue weighted by Gasteiger charge is -2.23. The lowest BCUT2D eigenvalue weighted by atomic mass is 9.79. The van der Waals surface area contributed by atoms with Crippen molar-refractivity contribution in [3.63, 3.8) is 0 Å². The molecule has 3 nitrogen and oxygen atoms in total. The highest BCUT2D eigenvalue weighted by Gasteiger charge is 2.30. The van der Waals surface area contributed by atoms with Gasteiger partial charge in [0, 0.05) is 12.5 Å². The highest BCUT2D eigenvalue weighted by molar-refractivity contribution is 6.32. The van der Waals surface area contributed by atoms with E-state index >= 15 is 0 Å². The zero-order valence-electron chi connectivity index (χ0n) is 12.3. The van der Waals surface area contributed by atoms with E-state index in [1.54, 1.807) is 4.68 Å². The summed E-state index contributed by atoms with van der Waals surface area (Å²) in [5, 5.41) is 4.84. The van der Waals surface area contributed by atoms with Crippen LogP contribution in [-0.4, -0.2) is 15.6 Å². The smallest absolute Gasteiger partial charge is 0.148 e. The minimum Gasteiger partial charge on any atom is -0.298 e. The standard InChI is InChI=1S/C16H19ClN2O/c1-11-15(17)13(19(4)18-11)10-14(20)16(2,3)12-8-6-5-7-9-12/h5-9H,10H2,1-4H3. The summed E-state index contributed by atoms with van der Waals surface area (Å²) in [7, 11) is 1.82. The van der Waals surface area contributed by atoms with Gasteiger partial charge in [0.25, 0.3) is 0 Å². The van der Waals surface area contributed by atoms with E-state index in [2.05, 4.69) is 5.10 Å². The number of nitrogens with zero attached hydrogens (tertiary/aromatic N) is 2. The number of halogens is 1. The summed E-state index contributed by atoms with van der Waals surface area (Å²) < 4.78 is 1.69. The fourth-order valence-electron chi connectivity index (χ4n) is 2.26. The first-order valence-electron chi connectivity index (χ1n) is 6.61. The van der Waals surface area contributed by atoms with E-state index in [1.807, 2.05) is 58.2 Å². The van der Waals surface area contributed by atoms with E-state index in [-0.39, 0.29) is 12.2 Å². The van der Waals surface area contributed by atoms with Crippen LogP contribution < -0.4 is 0 Å². The van der Waals surface area contributed by atoms with Gasteiger partial charge in [0.15, 0.2) is 0 Å². The van der Waals surface area contributed by atoms with Gasteiger partial charge in [-0.2, -0.15) is 5.10 Å². The number of carbonyl (C=O) groups is 1. The zero-order chi connectivity index (χ0) is 14.9. The molecule has 1 aromatic heterocycles. The third-order valence-corrected chi connectivity index (χ3v) is 4.27. The predicted molar refractivity (Wildman–Crippen MR) is 81.1 cm³/mol. The fourth-order valence-corrected chi connectivity index (χ4v) is 2.49. The van der Waals surface area contributed by atoms with Crippen molar-refractivity contribution in [2.75, 3.05) is 0 Å². The summed E-state index contributed by atoms with van der Waals surface area (Å²) in [6.45, 7) is 5.74. The Kier molecular flexibility index (Phi) is 4.00. The summed E-state index contributed by atoms with van der Waals surface area (Å²) in [5.74, 6) is 0.133. The first-order valence-corrected chi connectivity index (χ1v) is 6.98. The Bertz CT molecular complexity index is 629. The Balaban J connectivity index is 2.28. The molecule has 0 unspecified atom stereocenters. The molecule has 0 atom stereocenters. The number of Topliss-reactive ketones (excluding diaryl/α,β-unsaturated/α-hetero) is 1. The van der Waals surface area contributed by atoms with Crippen molar-refractivity contribution >= 4 is 17.4 Å². The number of hydrogen-bond acceptors (Lipinski definition) is 2. The number of ketones is 1. The third kappa shape index (κ3) is 2.63. The van der Waals surface area contributed by atoms with Crippen molar-refractivity contribution in [3.8, 4) is 0 Å². The van der Waals surface area contributed by atoms with Gasteiger partial charge in [0.1, 0.15) is 5.78 Å². The minimum atomic E-state index is -0.539. The second-order valence-corrected chi connectivity index (χ2v) is 5.94. The average Bonchev–Trinajstić information content (AvgIpc) is 2.66. The summed E-state index contributed by atoms with van der Waals surface area (Å²) >= 11 is 6.22. The maximum absolute atomic E-state index is 12.6. The van der Waals surface area contributed by atoms with E-state index in [1.165, 1.54) is 0 Å². The maximum Gasteiger partial charge on any atom is 0.148 e. The number of aryl methyl sites for hydroxylation is 2. The molecule has 1 heterocycles. The van der Waals surface area contributed by atoms with Gasteiger partial charge < -0.3 is 0 Å². The molecule has 0 N–H and O–H groups in total. The van der Waals surface area contributed by atoms with Crippen LogP contribution in [0.25, 0.3) is 0 Å². The lowest BCUT2D eigenvalue weighted by molar-refractivity contribution is -0.122. The maximum atomic E-state index is 12.6. The van der Waals surface area contributed by atoms with Crippen LogP contribution in [0.5, 0.6) is 0 Å². The van der Waals surface area contributed by atoms with Crippen LogP contribution in [0.2, 0.25) is 5.02 Å². The molecule has 0 fully saturated rings. The first kappa shape index (κ1) is 14.8. The van der Waals surface area contributed by atoms with Crippen molar-refractivity contribution < 1.29 is 4.79 Å². The van der Waals surface area contributed by atoms with Gasteiger partial charge in [-0.15, -0.1) is 0 Å². The van der Waals surface area contributed by atoms with E-state index in [4.69, 9.17) is 11.6 Å². The van der Waals surface area contributed by atoms with E-state index < -0.39 is 5.41 Å². The van der Waals surface area contributed by atoms with Crippen LogP contribution in [-0.2, 0) is 23.7 Å². The monoisotopic (exact) mass is 290 g/mol. The quantitative estimate of drug-likeness (QED) is 0.864. The first-order chi connectivity index (χ1) is 9.34. The molecule has 1 aromatic carbocycles. The molecule has 0 aliphatic carbocycles. The Morgan fingerprint density at radius 2 is 1.90 bits per heavy atom. The van der Waals surface area contributed by atoms with Crippen LogP contribution >= 0.6 is 11.6 Å². The number of aromatic nitrogens is 2. The average molecular weight is 291 g/mol. The third-order valence-electron chi connectivity index (χ3n) is 3.78. The predicted octanol–water partition coefficient (Wildman–Crippen LogP) is 3.47. The zero-order valence-corrected chi connectivity index (χ0v) is 13.0. The molecule has 0 radical (unpaired) electrons. The van der Waals surface area contributed by atoms with Crippen molar-refractivity contribution in [2.24, 2.45) is 7.05 Å². The normalized spacial score (nSPS) is 11.7. The molecule has 0 saturated heterocycles. The molecule has 0 saturated carbocycles. The molecule has 106 valence electrons. The van der Waals surface area contributed by atoms with Gasteiger partial charge in [-0.1, -0.05) is 41.9 Å². The molecule has 0 aliphatic heterocycles. The van der Waals surface area contributed by atoms with Crippen molar-refractivity contribution in [1.29, 1.82) is 0 Å². The number of hydrogen-bond donors (Lipinski definition) is 0. The molecule has 0 amide bonds. The molecule has 20 heavy (non-hydrogen) atoms. The topological polar surface area (TPSA) is 34.9 Å². The van der Waals surface area contributed by atoms with Gasteiger partial charge in [0.2, 0.25) is 0 Å². The van der Waals surface area contributed by atoms with Crippen LogP contribution in [0.15, 0.2) is 30.3 Å². The molecule has 2 rings (SSSR count). The van der Waals surface area contributed by atoms with Crippen molar-refractivity contribution in [3.05, 3.63) is 52.3 Å². The Morgan fingerprint density at radius 1 is 1.30 bits per heavy atom. The highest BCUT2D eigenvalue weighted by Crippen LogP contribution is 2.28. The summed E-state index contributed by atoms with van der Waals surface area (Å²) in [5.41, 5.74) is 2.01. The van der Waals surface area contributed by atoms with Crippen LogP contribution in [0.1, 0.15) is 30.8 Å². The van der Waals surface area contributed by atoms with E-state index in [0.29, 0.717) is 5.02 Å². The molecule has 4 heteroatoms. The molecule has 0 aliphatic rings. The molecular formula is C16H19ClN2O. The molecular weight excluding hydrogens is 272 g/mol. The molecule has 0 spiro atoms. The van der Waals surface area contributed by atoms with Gasteiger partial charge in [-0.3, -0.25) is 9.48 Å². The number of rotatable bonds is 4. The van der Waals surface area contributed by atoms with E-state index in [9.17, 15) is 4.79 Å². The molecule has 0 bridgehead atoms. The lowest BCUT2D eigenvalue weighted by Crippen LogP contribution is -2.31. The summed E-state index contributed by atoms with van der Waals surface area (Å²) in [6.07, 6.45) is 0.290. The SMILES string of the molecule is Cc1nn(C)c(CC(=O)C(C)(C)c2ccccc2)c1Cl. The van der Waals surface area contributed by atoms with Crippen molar-refractivity contribution in [2.45, 2.75) is 32.6 Å². The second-order valence-electron chi connectivity index (χ2n) is 5.56. The fraction of sp³-hybridized carbons (Fsp3) is 0.375. The highest BCUT2D eigenvalue weighted by atomic mass is 35.5. The van der Waals surface area contributed by atoms with Crippen LogP contribution in [0, 0.1) is 6.92 Å². The minimum absolute atomic E-state index is 0.133. The van der Waals surface area contributed by atoms with Crippen LogP contribution in [0.3, 0.4) is 0 Å².